The number of ether oxygens (including phenoxy) is 1. The van der Waals surface area contributed by atoms with E-state index < -0.39 is 37.6 Å². The van der Waals surface area contributed by atoms with Crippen LogP contribution in [0.1, 0.15) is 16.8 Å². The molecular weight excluding hydrogens is 556 g/mol. The van der Waals surface area contributed by atoms with Crippen molar-refractivity contribution >= 4 is 30.5 Å². The van der Waals surface area contributed by atoms with E-state index in [1.165, 1.54) is 18.3 Å². The van der Waals surface area contributed by atoms with E-state index in [0.717, 1.165) is 27.6 Å². The fourth-order valence-corrected chi connectivity index (χ4v) is 3.85. The van der Waals surface area contributed by atoms with Crippen molar-refractivity contribution in [3.63, 3.8) is 0 Å². The molecule has 1 atom stereocenters. The van der Waals surface area contributed by atoms with Crippen LogP contribution in [-0.2, 0) is 28.5 Å². The number of aromatic nitrogens is 4. The molecule has 0 aliphatic heterocycles. The van der Waals surface area contributed by atoms with Crippen LogP contribution >= 0.6 is 19.4 Å². The van der Waals surface area contributed by atoms with Crippen LogP contribution in [0.25, 0.3) is 11.0 Å². The highest BCUT2D eigenvalue weighted by Crippen LogP contribution is 2.37. The second kappa shape index (κ2) is 10.9. The Labute approximate surface area is 216 Å². The number of nitrogens with zero attached hydrogens (tertiary/aromatic N) is 5. The maximum atomic E-state index is 13.7. The number of phosphoric ester groups is 1. The van der Waals surface area contributed by atoms with E-state index in [9.17, 15) is 27.4 Å². The highest BCUT2D eigenvalue weighted by atomic mass is 35.5. The minimum absolute atomic E-state index is 0. The van der Waals surface area contributed by atoms with Crippen molar-refractivity contribution in [3.8, 4) is 17.6 Å². The van der Waals surface area contributed by atoms with Crippen molar-refractivity contribution < 1.29 is 36.8 Å². The largest absolute Gasteiger partial charge is 0.756 e. The molecule has 0 aliphatic rings. The van der Waals surface area contributed by atoms with Gasteiger partial charge in [0.25, 0.3) is 13.4 Å². The lowest BCUT2D eigenvalue weighted by Gasteiger charge is -2.16. The third-order valence-electron chi connectivity index (χ3n) is 4.89. The molecule has 12 nitrogen and oxygen atoms in total. The Morgan fingerprint density at radius 2 is 2.00 bits per heavy atom. The number of halogens is 4. The number of fused-ring (bicyclic) bond motifs is 1. The summed E-state index contributed by atoms with van der Waals surface area (Å²) in [5, 5.41) is 13.6. The van der Waals surface area contributed by atoms with Crippen molar-refractivity contribution in [2.24, 2.45) is 0 Å². The first-order valence-corrected chi connectivity index (χ1v) is 11.9. The van der Waals surface area contributed by atoms with Gasteiger partial charge in [-0.05, 0) is 36.4 Å². The summed E-state index contributed by atoms with van der Waals surface area (Å²) in [5.41, 5.74) is -2.26. The Balaban J connectivity index is 0.00000400. The summed E-state index contributed by atoms with van der Waals surface area (Å²) in [7, 11) is -5.09. The molecule has 5 N–H and O–H groups in total. The first kappa shape index (κ1) is 28.8. The maximum absolute atomic E-state index is 13.7. The van der Waals surface area contributed by atoms with Crippen LogP contribution in [0.4, 0.5) is 13.2 Å². The number of hydrogen-bond acceptors (Lipinski definition) is 8. The molecule has 3 heterocycles. The quantitative estimate of drug-likeness (QED) is 0.310. The second-order valence-electron chi connectivity index (χ2n) is 7.43. The van der Waals surface area contributed by atoms with Gasteiger partial charge in [-0.15, -0.1) is 0 Å². The number of quaternary nitrogens is 1. The molecule has 3 aromatic heterocycles. The summed E-state index contributed by atoms with van der Waals surface area (Å²) < 4.78 is 63.6. The Kier molecular flexibility index (Phi) is 8.27. The minimum atomic E-state index is -5.09. The average Bonchev–Trinajstić information content (AvgIpc) is 3.16. The summed E-state index contributed by atoms with van der Waals surface area (Å²) >= 11 is 5.90. The average molecular weight is 573 g/mol. The lowest BCUT2D eigenvalue weighted by atomic mass is 10.2. The zero-order valence-electron chi connectivity index (χ0n) is 19.2. The molecule has 17 heteroatoms. The number of nitriles is 1. The standard InChI is InChI=1S/C21H14ClF3N5O6P.H3N/c22-13-6-12(9-26)7-14(8-13)36-18-16(21(23,24)25)3-5-29(20(18)31)10-17-15-2-1-4-27-19(15)30(28-17)11-35-37(32,33)34;/h1-8H,10-11H2,(H2,32,33,34);1H3. The number of benzene rings is 1. The summed E-state index contributed by atoms with van der Waals surface area (Å²) in [6, 6.07) is 9.04. The van der Waals surface area contributed by atoms with Crippen LogP contribution in [0, 0.1) is 11.3 Å². The van der Waals surface area contributed by atoms with Gasteiger partial charge < -0.3 is 25.2 Å². The molecule has 0 saturated heterocycles. The Morgan fingerprint density at radius 3 is 2.66 bits per heavy atom. The summed E-state index contributed by atoms with van der Waals surface area (Å²) in [6.45, 7) is -1.10. The molecule has 1 unspecified atom stereocenters. The van der Waals surface area contributed by atoms with Crippen molar-refractivity contribution in [1.82, 2.24) is 25.5 Å². The van der Waals surface area contributed by atoms with E-state index in [0.29, 0.717) is 11.5 Å². The highest BCUT2D eigenvalue weighted by molar-refractivity contribution is 7.44. The van der Waals surface area contributed by atoms with Gasteiger partial charge in [0.1, 0.15) is 18.0 Å². The summed E-state index contributed by atoms with van der Waals surface area (Å²) in [6.07, 6.45) is -2.68. The molecule has 0 fully saturated rings. The number of pyridine rings is 2. The molecule has 1 aromatic carbocycles. The van der Waals surface area contributed by atoms with Gasteiger partial charge in [0.15, 0.2) is 5.65 Å². The Hall–Kier alpha value is -3.77. The molecule has 0 saturated carbocycles. The topological polar surface area (TPSA) is 192 Å². The van der Waals surface area contributed by atoms with Crippen molar-refractivity contribution in [1.29, 1.82) is 5.26 Å². The maximum Gasteiger partial charge on any atom is 0.420 e. The fraction of sp³-hybridized carbons (Fsp3) is 0.143. The molecule has 38 heavy (non-hydrogen) atoms. The minimum Gasteiger partial charge on any atom is -0.756 e. The molecule has 200 valence electrons. The van der Waals surface area contributed by atoms with Gasteiger partial charge in [-0.25, -0.2) is 9.67 Å². The van der Waals surface area contributed by atoms with E-state index in [1.807, 2.05) is 0 Å². The zero-order valence-corrected chi connectivity index (χ0v) is 20.9. The molecule has 4 rings (SSSR count). The molecule has 0 bridgehead atoms. The van der Waals surface area contributed by atoms with E-state index in [4.69, 9.17) is 26.5 Å². The third kappa shape index (κ3) is 6.37. The van der Waals surface area contributed by atoms with Gasteiger partial charge in [0.05, 0.1) is 23.9 Å². The summed E-state index contributed by atoms with van der Waals surface area (Å²) in [4.78, 5) is 37.0. The first-order chi connectivity index (χ1) is 17.4. The van der Waals surface area contributed by atoms with Gasteiger partial charge >= 0.3 is 6.18 Å². The van der Waals surface area contributed by atoms with Gasteiger partial charge in [0.2, 0.25) is 5.75 Å². The number of rotatable bonds is 7. The molecule has 4 aromatic rings. The summed E-state index contributed by atoms with van der Waals surface area (Å²) in [5.74, 6) is -1.31. The first-order valence-electron chi connectivity index (χ1n) is 10.0. The second-order valence-corrected chi connectivity index (χ2v) is 9.06. The highest BCUT2D eigenvalue weighted by Gasteiger charge is 2.36. The van der Waals surface area contributed by atoms with Crippen LogP contribution in [0.5, 0.6) is 11.5 Å². The van der Waals surface area contributed by atoms with Crippen molar-refractivity contribution in [2.45, 2.75) is 19.5 Å². The Morgan fingerprint density at radius 1 is 1.26 bits per heavy atom. The van der Waals surface area contributed by atoms with Crippen LogP contribution < -0.4 is 21.3 Å². The molecule has 0 amide bonds. The lowest BCUT2D eigenvalue weighted by molar-refractivity contribution is -0.223. The SMILES string of the molecule is N#Cc1cc(Cl)cc(Oc2c(C(F)(F)F)ccn(Cc3nn(COP(=O)([O-])O)c4ncccc34)c2=O)c1.[NH4+]. The predicted octanol–water partition coefficient (Wildman–Crippen LogP) is 3.79. The molecule has 0 aliphatic carbocycles. The number of hydrogen-bond donors (Lipinski definition) is 2. The van der Waals surface area contributed by atoms with E-state index in [1.54, 1.807) is 12.1 Å². The van der Waals surface area contributed by atoms with E-state index in [-0.39, 0.29) is 40.4 Å². The van der Waals surface area contributed by atoms with E-state index >= 15 is 0 Å². The van der Waals surface area contributed by atoms with Gasteiger partial charge in [0, 0.05) is 22.8 Å². The Bertz CT molecular complexity index is 1650. The predicted molar refractivity (Wildman–Crippen MR) is 125 cm³/mol. The van der Waals surface area contributed by atoms with Gasteiger partial charge in [-0.3, -0.25) is 13.9 Å². The van der Waals surface area contributed by atoms with Crippen molar-refractivity contribution in [3.05, 3.63) is 81.0 Å². The monoisotopic (exact) mass is 572 g/mol. The van der Waals surface area contributed by atoms with Crippen LogP contribution in [0.2, 0.25) is 5.02 Å². The lowest BCUT2D eigenvalue weighted by Crippen LogP contribution is -2.25. The molecular formula is C21H17ClF3N6O6P. The number of alkyl halides is 3. The van der Waals surface area contributed by atoms with Crippen LogP contribution in [0.15, 0.2) is 53.6 Å². The fourth-order valence-electron chi connectivity index (χ4n) is 3.37. The van der Waals surface area contributed by atoms with Crippen LogP contribution in [0.3, 0.4) is 0 Å². The smallest absolute Gasteiger partial charge is 0.420 e. The van der Waals surface area contributed by atoms with Gasteiger partial charge in [-0.2, -0.15) is 23.5 Å². The normalized spacial score (nSPS) is 13.0. The van der Waals surface area contributed by atoms with Crippen molar-refractivity contribution in [2.75, 3.05) is 0 Å². The zero-order chi connectivity index (χ0) is 27.0. The third-order valence-corrected chi connectivity index (χ3v) is 5.55. The molecule has 0 spiro atoms. The molecule has 0 radical (unpaired) electrons. The van der Waals surface area contributed by atoms with Gasteiger partial charge in [-0.1, -0.05) is 11.6 Å². The van der Waals surface area contributed by atoms with Crippen LogP contribution in [-0.4, -0.2) is 24.2 Å². The van der Waals surface area contributed by atoms with E-state index in [2.05, 4.69) is 14.6 Å². The number of phosphoric acid groups is 1.